The molecule has 0 aliphatic heterocycles. The van der Waals surface area contributed by atoms with Crippen LogP contribution in [0.4, 0.5) is 0 Å². The third-order valence-electron chi connectivity index (χ3n) is 1.79. The number of benzene rings is 1. The summed E-state index contributed by atoms with van der Waals surface area (Å²) in [5.74, 6) is 0.942. The highest BCUT2D eigenvalue weighted by Crippen LogP contribution is 2.28. The number of nitrogens with two attached hydrogens (primary N) is 1. The summed E-state index contributed by atoms with van der Waals surface area (Å²) in [6.45, 7) is 0.825. The Morgan fingerprint density at radius 2 is 2.21 bits per heavy atom. The minimum atomic E-state index is 0.255. The molecule has 14 heavy (non-hydrogen) atoms. The molecule has 2 nitrogen and oxygen atoms in total. The maximum Gasteiger partial charge on any atom is 0.0439 e. The van der Waals surface area contributed by atoms with Crippen LogP contribution < -0.4 is 5.73 Å². The van der Waals surface area contributed by atoms with E-state index < -0.39 is 0 Å². The summed E-state index contributed by atoms with van der Waals surface area (Å²) >= 11 is 5.24. The van der Waals surface area contributed by atoms with Crippen LogP contribution in [-0.4, -0.2) is 17.5 Å². The van der Waals surface area contributed by atoms with Crippen LogP contribution in [0.1, 0.15) is 12.0 Å². The van der Waals surface area contributed by atoms with E-state index in [1.807, 2.05) is 12.1 Å². The molecular formula is C10H14BrNOS. The summed E-state index contributed by atoms with van der Waals surface area (Å²) in [6, 6.07) is 6.14. The fourth-order valence-electron chi connectivity index (χ4n) is 1.04. The predicted molar refractivity (Wildman–Crippen MR) is 64.5 cm³/mol. The summed E-state index contributed by atoms with van der Waals surface area (Å²) in [4.78, 5) is 1.20. The molecule has 0 saturated heterocycles. The Kier molecular flexibility index (Phi) is 5.55. The van der Waals surface area contributed by atoms with E-state index in [0.29, 0.717) is 6.54 Å². The third-order valence-corrected chi connectivity index (χ3v) is 3.87. The zero-order valence-electron chi connectivity index (χ0n) is 7.87. The van der Waals surface area contributed by atoms with Crippen molar-refractivity contribution in [2.24, 2.45) is 5.73 Å². The van der Waals surface area contributed by atoms with Crippen LogP contribution in [0.15, 0.2) is 27.6 Å². The van der Waals surface area contributed by atoms with Crippen LogP contribution in [0.25, 0.3) is 0 Å². The Morgan fingerprint density at radius 1 is 1.43 bits per heavy atom. The second kappa shape index (κ2) is 6.45. The molecule has 0 saturated carbocycles. The second-order valence-corrected chi connectivity index (χ2v) is 4.89. The number of hydrogen-bond donors (Lipinski definition) is 2. The molecule has 0 bridgehead atoms. The molecule has 0 aliphatic rings. The Hall–Kier alpha value is -0.0300. The van der Waals surface area contributed by atoms with Crippen molar-refractivity contribution in [3.63, 3.8) is 0 Å². The van der Waals surface area contributed by atoms with Crippen LogP contribution in [0.2, 0.25) is 0 Å². The quantitative estimate of drug-likeness (QED) is 0.641. The Morgan fingerprint density at radius 3 is 2.79 bits per heavy atom. The summed E-state index contributed by atoms with van der Waals surface area (Å²) in [5.41, 5.74) is 6.66. The molecule has 0 radical (unpaired) electrons. The molecule has 0 spiro atoms. The Balaban J connectivity index is 2.59. The van der Waals surface area contributed by atoms with Gasteiger partial charge < -0.3 is 10.8 Å². The van der Waals surface area contributed by atoms with Gasteiger partial charge in [0.25, 0.3) is 0 Å². The lowest BCUT2D eigenvalue weighted by Gasteiger charge is -2.05. The van der Waals surface area contributed by atoms with E-state index in [-0.39, 0.29) is 6.61 Å². The van der Waals surface area contributed by atoms with Gasteiger partial charge in [-0.15, -0.1) is 11.8 Å². The molecule has 0 aromatic heterocycles. The molecule has 0 amide bonds. The second-order valence-electron chi connectivity index (χ2n) is 2.89. The highest BCUT2D eigenvalue weighted by Gasteiger charge is 2.01. The highest BCUT2D eigenvalue weighted by molar-refractivity contribution is 9.10. The van der Waals surface area contributed by atoms with Crippen molar-refractivity contribution < 1.29 is 5.11 Å². The topological polar surface area (TPSA) is 46.2 Å². The Bertz CT molecular complexity index is 293. The summed E-state index contributed by atoms with van der Waals surface area (Å²) in [5, 5.41) is 8.65. The average molecular weight is 276 g/mol. The lowest BCUT2D eigenvalue weighted by Crippen LogP contribution is -1.96. The normalized spacial score (nSPS) is 10.5. The number of halogens is 1. The van der Waals surface area contributed by atoms with Gasteiger partial charge in [0.15, 0.2) is 0 Å². The first-order chi connectivity index (χ1) is 6.77. The van der Waals surface area contributed by atoms with Gasteiger partial charge in [0.1, 0.15) is 0 Å². The maximum absolute atomic E-state index is 8.65. The van der Waals surface area contributed by atoms with Gasteiger partial charge in [0.05, 0.1) is 0 Å². The fourth-order valence-corrected chi connectivity index (χ4v) is 2.66. The van der Waals surface area contributed by atoms with Gasteiger partial charge in [0, 0.05) is 28.3 Å². The van der Waals surface area contributed by atoms with E-state index in [9.17, 15) is 0 Å². The molecule has 78 valence electrons. The van der Waals surface area contributed by atoms with Gasteiger partial charge >= 0.3 is 0 Å². The number of aliphatic hydroxyl groups excluding tert-OH is 1. The molecule has 1 aromatic carbocycles. The van der Waals surface area contributed by atoms with Crippen LogP contribution >= 0.6 is 27.7 Å². The van der Waals surface area contributed by atoms with Crippen molar-refractivity contribution in [1.82, 2.24) is 0 Å². The van der Waals surface area contributed by atoms with Crippen molar-refractivity contribution in [3.8, 4) is 0 Å². The molecule has 3 N–H and O–H groups in total. The Labute approximate surface area is 97.0 Å². The number of rotatable bonds is 5. The van der Waals surface area contributed by atoms with Crippen LogP contribution in [0.3, 0.4) is 0 Å². The summed E-state index contributed by atoms with van der Waals surface area (Å²) in [6.07, 6.45) is 0.829. The van der Waals surface area contributed by atoms with Crippen molar-refractivity contribution >= 4 is 27.7 Å². The van der Waals surface area contributed by atoms with Crippen molar-refractivity contribution in [3.05, 3.63) is 28.2 Å². The van der Waals surface area contributed by atoms with E-state index in [1.165, 1.54) is 4.90 Å². The monoisotopic (exact) mass is 275 g/mol. The van der Waals surface area contributed by atoms with Crippen molar-refractivity contribution in [2.45, 2.75) is 17.9 Å². The van der Waals surface area contributed by atoms with Gasteiger partial charge in [-0.1, -0.05) is 6.07 Å². The summed E-state index contributed by atoms with van der Waals surface area (Å²) in [7, 11) is 0. The van der Waals surface area contributed by atoms with E-state index in [2.05, 4.69) is 22.0 Å². The van der Waals surface area contributed by atoms with E-state index in [1.54, 1.807) is 11.8 Å². The average Bonchev–Trinajstić information content (AvgIpc) is 2.20. The maximum atomic E-state index is 8.65. The van der Waals surface area contributed by atoms with E-state index in [4.69, 9.17) is 10.8 Å². The smallest absolute Gasteiger partial charge is 0.0439 e. The third kappa shape index (κ3) is 3.61. The first-order valence-electron chi connectivity index (χ1n) is 4.50. The zero-order chi connectivity index (χ0) is 10.4. The molecule has 0 unspecified atom stereocenters. The largest absolute Gasteiger partial charge is 0.396 e. The van der Waals surface area contributed by atoms with Gasteiger partial charge in [0.2, 0.25) is 0 Å². The molecule has 4 heteroatoms. The van der Waals surface area contributed by atoms with Gasteiger partial charge in [-0.25, -0.2) is 0 Å². The van der Waals surface area contributed by atoms with Gasteiger partial charge in [-0.3, -0.25) is 0 Å². The summed E-state index contributed by atoms with van der Waals surface area (Å²) < 4.78 is 1.09. The molecular weight excluding hydrogens is 262 g/mol. The first kappa shape index (κ1) is 12.0. The first-order valence-corrected chi connectivity index (χ1v) is 6.28. The molecule has 0 fully saturated rings. The van der Waals surface area contributed by atoms with Crippen molar-refractivity contribution in [2.75, 3.05) is 12.4 Å². The van der Waals surface area contributed by atoms with E-state index >= 15 is 0 Å². The lowest BCUT2D eigenvalue weighted by molar-refractivity contribution is 0.296. The standard InChI is InChI=1S/C10H14BrNOS/c11-9-6-8(7-12)2-3-10(9)14-5-1-4-13/h2-3,6,13H,1,4-5,7,12H2. The van der Waals surface area contributed by atoms with Crippen LogP contribution in [-0.2, 0) is 6.54 Å². The highest BCUT2D eigenvalue weighted by atomic mass is 79.9. The number of aliphatic hydroxyl groups is 1. The molecule has 1 aromatic rings. The number of thioether (sulfide) groups is 1. The zero-order valence-corrected chi connectivity index (χ0v) is 10.3. The van der Waals surface area contributed by atoms with E-state index in [0.717, 1.165) is 22.2 Å². The predicted octanol–water partition coefficient (Wildman–Crippen LogP) is 2.38. The minimum absolute atomic E-state index is 0.255. The van der Waals surface area contributed by atoms with Crippen molar-refractivity contribution in [1.29, 1.82) is 0 Å². The SMILES string of the molecule is NCc1ccc(SCCCO)c(Br)c1. The fraction of sp³-hybridized carbons (Fsp3) is 0.400. The van der Waals surface area contributed by atoms with Gasteiger partial charge in [-0.2, -0.15) is 0 Å². The lowest BCUT2D eigenvalue weighted by atomic mass is 10.2. The molecule has 0 heterocycles. The minimum Gasteiger partial charge on any atom is -0.396 e. The van der Waals surface area contributed by atoms with Crippen LogP contribution in [0, 0.1) is 0 Å². The van der Waals surface area contributed by atoms with Gasteiger partial charge in [-0.05, 0) is 40.0 Å². The molecule has 0 aliphatic carbocycles. The molecule has 1 rings (SSSR count). The number of hydrogen-bond acceptors (Lipinski definition) is 3. The molecule has 0 atom stereocenters. The van der Waals surface area contributed by atoms with Crippen LogP contribution in [0.5, 0.6) is 0 Å².